The molecule has 0 radical (unpaired) electrons. The summed E-state index contributed by atoms with van der Waals surface area (Å²) in [6.07, 6.45) is 19.5. The van der Waals surface area contributed by atoms with Gasteiger partial charge in [-0.2, -0.15) is 0 Å². The number of ether oxygens (including phenoxy) is 1. The molecule has 0 saturated heterocycles. The molecule has 0 unspecified atom stereocenters. The van der Waals surface area contributed by atoms with Gasteiger partial charge in [-0.15, -0.1) is 0 Å². The molecule has 2 rings (SSSR count). The molecule has 1 heteroatoms. The summed E-state index contributed by atoms with van der Waals surface area (Å²) in [6.45, 7) is 2.29. The maximum atomic E-state index is 5.61. The molecule has 0 N–H and O–H groups in total. The van der Waals surface area contributed by atoms with Gasteiger partial charge in [0.1, 0.15) is 5.75 Å². The van der Waals surface area contributed by atoms with Crippen molar-refractivity contribution in [1.82, 2.24) is 0 Å². The standard InChI is InChI=1S/C26H40O/c1-3-4-5-6-7-8-9-10-11-12-13-14-15-18-23-21-22-24-19-16-17-20-25(27-2)26(23)24/h16-17,19-22H,3-15,18H2,1-2H3. The van der Waals surface area contributed by atoms with Gasteiger partial charge >= 0.3 is 0 Å². The lowest BCUT2D eigenvalue weighted by atomic mass is 10.0. The van der Waals surface area contributed by atoms with Gasteiger partial charge < -0.3 is 4.74 Å². The van der Waals surface area contributed by atoms with Gasteiger partial charge in [-0.1, -0.05) is 114 Å². The summed E-state index contributed by atoms with van der Waals surface area (Å²) in [5, 5.41) is 0. The second kappa shape index (κ2) is 13.6. The quantitative estimate of drug-likeness (QED) is 0.287. The fraction of sp³-hybridized carbons (Fsp3) is 0.615. The zero-order valence-corrected chi connectivity index (χ0v) is 17.8. The Bertz CT molecular complexity index is 589. The van der Waals surface area contributed by atoms with Crippen LogP contribution in [0.1, 0.15) is 96.0 Å². The van der Waals surface area contributed by atoms with E-state index in [1.807, 2.05) is 0 Å². The minimum Gasteiger partial charge on any atom is -0.496 e. The summed E-state index contributed by atoms with van der Waals surface area (Å²) < 4.78 is 5.61. The van der Waals surface area contributed by atoms with Crippen LogP contribution >= 0.6 is 0 Å². The van der Waals surface area contributed by atoms with Crippen molar-refractivity contribution in [3.05, 3.63) is 42.0 Å². The molecule has 0 aromatic rings. The van der Waals surface area contributed by atoms with Crippen LogP contribution in [0.15, 0.2) is 36.4 Å². The zero-order valence-electron chi connectivity index (χ0n) is 17.8. The first kappa shape index (κ1) is 21.8. The molecule has 0 heterocycles. The van der Waals surface area contributed by atoms with Gasteiger partial charge in [0.25, 0.3) is 0 Å². The first-order chi connectivity index (χ1) is 13.4. The molecule has 0 aromatic heterocycles. The predicted octanol–water partition coefficient (Wildman–Crippen LogP) is 8.43. The van der Waals surface area contributed by atoms with Gasteiger partial charge in [0.15, 0.2) is 0 Å². The molecular weight excluding hydrogens is 328 g/mol. The minimum atomic E-state index is 1.00. The molecular formula is C26H40O. The molecule has 0 spiro atoms. The number of hydrogen-bond acceptors (Lipinski definition) is 1. The Kier molecular flexibility index (Phi) is 11.0. The van der Waals surface area contributed by atoms with Crippen molar-refractivity contribution in [2.75, 3.05) is 7.11 Å². The van der Waals surface area contributed by atoms with Gasteiger partial charge in [-0.25, -0.2) is 0 Å². The summed E-state index contributed by atoms with van der Waals surface area (Å²) in [4.78, 5) is 0. The van der Waals surface area contributed by atoms with Crippen molar-refractivity contribution >= 4 is 0 Å². The van der Waals surface area contributed by atoms with Gasteiger partial charge in [-0.3, -0.25) is 0 Å². The lowest BCUT2D eigenvalue weighted by Crippen LogP contribution is -1.90. The molecule has 0 amide bonds. The Morgan fingerprint density at radius 2 is 1.19 bits per heavy atom. The third-order valence-corrected chi connectivity index (χ3v) is 5.72. The number of unbranched alkanes of at least 4 members (excludes halogenated alkanes) is 12. The largest absolute Gasteiger partial charge is 0.496 e. The van der Waals surface area contributed by atoms with Crippen LogP contribution in [-0.2, 0) is 6.42 Å². The molecule has 0 atom stereocenters. The lowest BCUT2D eigenvalue weighted by molar-refractivity contribution is 0.416. The van der Waals surface area contributed by atoms with Crippen LogP contribution in [0.3, 0.4) is 0 Å². The predicted molar refractivity (Wildman–Crippen MR) is 119 cm³/mol. The van der Waals surface area contributed by atoms with E-state index >= 15 is 0 Å². The van der Waals surface area contributed by atoms with E-state index in [4.69, 9.17) is 4.74 Å². The van der Waals surface area contributed by atoms with E-state index in [2.05, 4.69) is 43.3 Å². The van der Waals surface area contributed by atoms with Crippen LogP contribution < -0.4 is 4.74 Å². The zero-order chi connectivity index (χ0) is 19.2. The Morgan fingerprint density at radius 3 is 1.78 bits per heavy atom. The molecule has 1 nitrogen and oxygen atoms in total. The van der Waals surface area contributed by atoms with Crippen LogP contribution in [0.2, 0.25) is 0 Å². The van der Waals surface area contributed by atoms with Crippen LogP contribution in [-0.4, -0.2) is 7.11 Å². The average Bonchev–Trinajstić information content (AvgIpc) is 2.96. The highest BCUT2D eigenvalue weighted by atomic mass is 16.5. The molecule has 0 bridgehead atoms. The van der Waals surface area contributed by atoms with Crippen LogP contribution in [0.5, 0.6) is 5.75 Å². The molecule has 0 aromatic carbocycles. The number of hydrogen-bond donors (Lipinski definition) is 0. The SMILES string of the molecule is CCCCCCCCCCCCCCCc1ccc2ccccc(OC)c1-2. The summed E-state index contributed by atoms with van der Waals surface area (Å²) in [6, 6.07) is 12.9. The lowest BCUT2D eigenvalue weighted by Gasteiger charge is -2.07. The van der Waals surface area contributed by atoms with Crippen molar-refractivity contribution in [3.63, 3.8) is 0 Å². The fourth-order valence-corrected chi connectivity index (χ4v) is 4.08. The summed E-state index contributed by atoms with van der Waals surface area (Å²) >= 11 is 0. The molecule has 2 aliphatic carbocycles. The number of aryl methyl sites for hydroxylation is 1. The second-order valence-electron chi connectivity index (χ2n) is 7.97. The first-order valence-corrected chi connectivity index (χ1v) is 11.4. The smallest absolute Gasteiger partial charge is 0.126 e. The van der Waals surface area contributed by atoms with Crippen LogP contribution in [0.25, 0.3) is 11.1 Å². The van der Waals surface area contributed by atoms with E-state index in [9.17, 15) is 0 Å². The molecule has 0 fully saturated rings. The maximum absolute atomic E-state index is 5.61. The highest BCUT2D eigenvalue weighted by molar-refractivity contribution is 5.76. The van der Waals surface area contributed by atoms with Gasteiger partial charge in [0, 0.05) is 5.56 Å². The first-order valence-electron chi connectivity index (χ1n) is 11.4. The minimum absolute atomic E-state index is 1.00. The van der Waals surface area contributed by atoms with Crippen LogP contribution in [0.4, 0.5) is 0 Å². The third-order valence-electron chi connectivity index (χ3n) is 5.72. The van der Waals surface area contributed by atoms with Crippen molar-refractivity contribution in [2.45, 2.75) is 96.8 Å². The topological polar surface area (TPSA) is 9.23 Å². The highest BCUT2D eigenvalue weighted by Crippen LogP contribution is 2.36. The summed E-state index contributed by atoms with van der Waals surface area (Å²) in [7, 11) is 1.77. The number of methoxy groups -OCH3 is 1. The highest BCUT2D eigenvalue weighted by Gasteiger charge is 2.13. The van der Waals surface area contributed by atoms with E-state index in [0.717, 1.165) is 5.75 Å². The van der Waals surface area contributed by atoms with Crippen molar-refractivity contribution < 1.29 is 4.74 Å². The van der Waals surface area contributed by atoms with Gasteiger partial charge in [-0.05, 0) is 30.0 Å². The van der Waals surface area contributed by atoms with E-state index in [-0.39, 0.29) is 0 Å². The third kappa shape index (κ3) is 7.95. The number of fused-ring (bicyclic) bond motifs is 1. The maximum Gasteiger partial charge on any atom is 0.126 e. The Hall–Kier alpha value is -1.50. The Balaban J connectivity index is 1.54. The van der Waals surface area contributed by atoms with Gasteiger partial charge in [0.05, 0.1) is 7.11 Å². The van der Waals surface area contributed by atoms with Crippen molar-refractivity contribution in [1.29, 1.82) is 0 Å². The average molecular weight is 369 g/mol. The van der Waals surface area contributed by atoms with Gasteiger partial charge in [0.2, 0.25) is 0 Å². The molecule has 150 valence electrons. The van der Waals surface area contributed by atoms with Crippen molar-refractivity contribution in [3.8, 4) is 16.9 Å². The second-order valence-corrected chi connectivity index (χ2v) is 7.97. The number of rotatable bonds is 15. The molecule has 27 heavy (non-hydrogen) atoms. The monoisotopic (exact) mass is 368 g/mol. The molecule has 2 aliphatic rings. The fourth-order valence-electron chi connectivity index (χ4n) is 4.08. The van der Waals surface area contributed by atoms with E-state index in [0.29, 0.717) is 0 Å². The summed E-state index contributed by atoms with van der Waals surface area (Å²) in [5.41, 5.74) is 4.05. The van der Waals surface area contributed by atoms with E-state index < -0.39 is 0 Å². The molecule has 0 aliphatic heterocycles. The Morgan fingerprint density at radius 1 is 0.630 bits per heavy atom. The Labute approximate surface area is 167 Å². The van der Waals surface area contributed by atoms with Crippen molar-refractivity contribution in [2.24, 2.45) is 0 Å². The summed E-state index contributed by atoms with van der Waals surface area (Å²) in [5.74, 6) is 1.00. The van der Waals surface area contributed by atoms with Crippen LogP contribution in [0, 0.1) is 0 Å². The van der Waals surface area contributed by atoms with E-state index in [1.54, 1.807) is 7.11 Å². The molecule has 0 saturated carbocycles. The normalized spacial score (nSPS) is 11.2. The van der Waals surface area contributed by atoms with E-state index in [1.165, 1.54) is 107 Å².